The number of nitrogens with zero attached hydrogens (tertiary/aromatic N) is 1. The molecule has 0 bridgehead atoms. The molecule has 1 aliphatic carbocycles. The lowest BCUT2D eigenvalue weighted by molar-refractivity contribution is -0.130. The van der Waals surface area contributed by atoms with Crippen LogP contribution < -0.4 is 5.43 Å². The van der Waals surface area contributed by atoms with Gasteiger partial charge in [-0.15, -0.1) is 11.6 Å². The smallest absolute Gasteiger partial charge is 0.269 e. The van der Waals surface area contributed by atoms with Gasteiger partial charge in [0.1, 0.15) is 0 Å². The second kappa shape index (κ2) is 6.15. The Morgan fingerprint density at radius 3 is 2.57 bits per heavy atom. The van der Waals surface area contributed by atoms with Gasteiger partial charge in [0.2, 0.25) is 4.33 Å². The van der Waals surface area contributed by atoms with E-state index in [1.54, 1.807) is 24.3 Å². The number of halogens is 3. The van der Waals surface area contributed by atoms with Crippen molar-refractivity contribution in [1.29, 1.82) is 0 Å². The molecule has 1 heterocycles. The molecule has 2 aliphatic rings. The minimum Gasteiger partial charge on any atom is -0.269 e. The Morgan fingerprint density at radius 2 is 1.91 bits per heavy atom. The summed E-state index contributed by atoms with van der Waals surface area (Å²) in [5, 5.41) is 0.921. The molecular formula is C16H17Cl3N2O2. The summed E-state index contributed by atoms with van der Waals surface area (Å²) in [6, 6.07) is 8.67. The van der Waals surface area contributed by atoms with Crippen molar-refractivity contribution in [3.05, 3.63) is 35.9 Å². The van der Waals surface area contributed by atoms with Crippen LogP contribution in [0.4, 0.5) is 0 Å². The number of rotatable bonds is 2. The zero-order valence-corrected chi connectivity index (χ0v) is 14.7. The number of hydrazine groups is 1. The number of benzene rings is 1. The van der Waals surface area contributed by atoms with Gasteiger partial charge in [0, 0.05) is 16.4 Å². The van der Waals surface area contributed by atoms with Crippen LogP contribution in [0.25, 0.3) is 0 Å². The highest BCUT2D eigenvalue weighted by atomic mass is 35.5. The highest BCUT2D eigenvalue weighted by molar-refractivity contribution is 6.59. The number of alkyl halides is 3. The van der Waals surface area contributed by atoms with E-state index in [-0.39, 0.29) is 17.8 Å². The monoisotopic (exact) mass is 374 g/mol. The van der Waals surface area contributed by atoms with Gasteiger partial charge < -0.3 is 0 Å². The van der Waals surface area contributed by atoms with Gasteiger partial charge in [0.15, 0.2) is 0 Å². The molecule has 1 saturated carbocycles. The Hall–Kier alpha value is -0.970. The van der Waals surface area contributed by atoms with Gasteiger partial charge in [-0.3, -0.25) is 20.0 Å². The summed E-state index contributed by atoms with van der Waals surface area (Å²) in [5.74, 6) is -0.889. The maximum atomic E-state index is 12.6. The summed E-state index contributed by atoms with van der Waals surface area (Å²) in [6.45, 7) is 0.228. The molecule has 2 atom stereocenters. The van der Waals surface area contributed by atoms with E-state index < -0.39 is 15.7 Å². The first kappa shape index (κ1) is 16.9. The van der Waals surface area contributed by atoms with Crippen molar-refractivity contribution in [2.75, 3.05) is 6.54 Å². The second-order valence-corrected chi connectivity index (χ2v) is 8.00. The number of carbonyl (C=O) groups is 2. The van der Waals surface area contributed by atoms with Crippen molar-refractivity contribution in [3.63, 3.8) is 0 Å². The van der Waals surface area contributed by atoms with Gasteiger partial charge in [0.05, 0.1) is 6.54 Å². The predicted molar refractivity (Wildman–Crippen MR) is 90.6 cm³/mol. The molecule has 1 aliphatic heterocycles. The van der Waals surface area contributed by atoms with Crippen LogP contribution in [-0.4, -0.2) is 33.1 Å². The largest absolute Gasteiger partial charge is 0.278 e. The molecule has 2 amide bonds. The molecule has 0 unspecified atom stereocenters. The van der Waals surface area contributed by atoms with E-state index in [1.165, 1.54) is 5.01 Å². The summed E-state index contributed by atoms with van der Waals surface area (Å²) in [4.78, 5) is 24.9. The molecular weight excluding hydrogens is 359 g/mol. The van der Waals surface area contributed by atoms with Crippen molar-refractivity contribution < 1.29 is 9.59 Å². The fourth-order valence-corrected chi connectivity index (χ4v) is 4.82. The first-order valence-corrected chi connectivity index (χ1v) is 8.77. The quantitative estimate of drug-likeness (QED) is 0.804. The van der Waals surface area contributed by atoms with Crippen LogP contribution in [0, 0.1) is 5.41 Å². The number of nitrogens with one attached hydrogen (secondary N) is 1. The average molecular weight is 376 g/mol. The second-order valence-electron chi connectivity index (χ2n) is 6.14. The molecule has 7 heteroatoms. The minimum absolute atomic E-state index is 0.228. The topological polar surface area (TPSA) is 49.4 Å². The number of amides is 2. The van der Waals surface area contributed by atoms with Crippen LogP contribution in [0.2, 0.25) is 0 Å². The van der Waals surface area contributed by atoms with Crippen LogP contribution in [-0.2, 0) is 4.79 Å². The van der Waals surface area contributed by atoms with E-state index in [1.807, 2.05) is 6.07 Å². The molecule has 0 radical (unpaired) electrons. The lowest BCUT2D eigenvalue weighted by Crippen LogP contribution is -2.48. The van der Waals surface area contributed by atoms with Crippen LogP contribution in [0.3, 0.4) is 0 Å². The van der Waals surface area contributed by atoms with Crippen molar-refractivity contribution >= 4 is 46.6 Å². The molecule has 4 nitrogen and oxygen atoms in total. The predicted octanol–water partition coefficient (Wildman–Crippen LogP) is 3.52. The Bertz CT molecular complexity index is 623. The standard InChI is InChI=1S/C16H17Cl3N2O2/c17-12-8-4-5-9-15(12)10-21(14(23)16(15,18)19)20-13(22)11-6-2-1-3-7-11/h1-3,6-7,12H,4-5,8-10H2,(H,20,22)/t12-,15+/m0/s1. The first-order chi connectivity index (χ1) is 10.9. The summed E-state index contributed by atoms with van der Waals surface area (Å²) in [6.07, 6.45) is 3.33. The van der Waals surface area contributed by atoms with Gasteiger partial charge >= 0.3 is 0 Å². The van der Waals surface area contributed by atoms with E-state index in [4.69, 9.17) is 34.8 Å². The Balaban J connectivity index is 1.82. The normalized spacial score (nSPS) is 29.8. The van der Waals surface area contributed by atoms with Gasteiger partial charge in [-0.05, 0) is 25.0 Å². The Labute approximate surface area is 150 Å². The third-order valence-electron chi connectivity index (χ3n) is 4.78. The summed E-state index contributed by atoms with van der Waals surface area (Å²) in [5.41, 5.74) is 2.33. The summed E-state index contributed by atoms with van der Waals surface area (Å²) in [7, 11) is 0. The molecule has 1 aromatic rings. The highest BCUT2D eigenvalue weighted by Gasteiger charge is 2.66. The average Bonchev–Trinajstić information content (AvgIpc) is 2.73. The zero-order valence-electron chi connectivity index (χ0n) is 12.4. The maximum absolute atomic E-state index is 12.6. The van der Waals surface area contributed by atoms with Crippen LogP contribution in [0.5, 0.6) is 0 Å². The molecule has 1 saturated heterocycles. The van der Waals surface area contributed by atoms with Crippen LogP contribution >= 0.6 is 34.8 Å². The van der Waals surface area contributed by atoms with Crippen LogP contribution in [0.1, 0.15) is 36.0 Å². The Kier molecular flexibility index (Phi) is 4.51. The fourth-order valence-electron chi connectivity index (χ4n) is 3.43. The third kappa shape index (κ3) is 2.71. The van der Waals surface area contributed by atoms with E-state index in [0.717, 1.165) is 19.3 Å². The van der Waals surface area contributed by atoms with Crippen molar-refractivity contribution in [2.45, 2.75) is 35.4 Å². The Morgan fingerprint density at radius 1 is 1.22 bits per heavy atom. The molecule has 1 aromatic carbocycles. The molecule has 1 spiro atoms. The fraction of sp³-hybridized carbons (Fsp3) is 0.500. The van der Waals surface area contributed by atoms with Crippen molar-refractivity contribution in [1.82, 2.24) is 10.4 Å². The van der Waals surface area contributed by atoms with Gasteiger partial charge in [-0.1, -0.05) is 54.2 Å². The molecule has 3 rings (SSSR count). The summed E-state index contributed by atoms with van der Waals surface area (Å²) < 4.78 is -1.62. The summed E-state index contributed by atoms with van der Waals surface area (Å²) >= 11 is 19.3. The van der Waals surface area contributed by atoms with E-state index in [2.05, 4.69) is 5.43 Å². The SMILES string of the molecule is O=C(NN1C[C@@]2(CCCC[C@@H]2Cl)C(Cl)(Cl)C1=O)c1ccccc1. The first-order valence-electron chi connectivity index (χ1n) is 7.58. The highest BCUT2D eigenvalue weighted by Crippen LogP contribution is 2.57. The van der Waals surface area contributed by atoms with Crippen LogP contribution in [0.15, 0.2) is 30.3 Å². The zero-order chi connectivity index (χ0) is 16.7. The van der Waals surface area contributed by atoms with Gasteiger partial charge in [-0.2, -0.15) is 0 Å². The number of hydrogen-bond acceptors (Lipinski definition) is 2. The molecule has 23 heavy (non-hydrogen) atoms. The van der Waals surface area contributed by atoms with Gasteiger partial charge in [-0.25, -0.2) is 0 Å². The molecule has 1 N–H and O–H groups in total. The van der Waals surface area contributed by atoms with E-state index >= 15 is 0 Å². The molecule has 2 fully saturated rings. The third-order valence-corrected chi connectivity index (χ3v) is 6.49. The van der Waals surface area contributed by atoms with Gasteiger partial charge in [0.25, 0.3) is 11.8 Å². The van der Waals surface area contributed by atoms with E-state index in [9.17, 15) is 9.59 Å². The van der Waals surface area contributed by atoms with Crippen molar-refractivity contribution in [2.24, 2.45) is 5.41 Å². The lowest BCUT2D eigenvalue weighted by Gasteiger charge is -2.42. The maximum Gasteiger partial charge on any atom is 0.278 e. The molecule has 0 aromatic heterocycles. The van der Waals surface area contributed by atoms with Crippen molar-refractivity contribution in [3.8, 4) is 0 Å². The number of carbonyl (C=O) groups excluding carboxylic acids is 2. The number of hydrogen-bond donors (Lipinski definition) is 1. The lowest BCUT2D eigenvalue weighted by atomic mass is 9.72. The van der Waals surface area contributed by atoms with E-state index in [0.29, 0.717) is 12.0 Å². The molecule has 124 valence electrons. The minimum atomic E-state index is -1.62.